The third kappa shape index (κ3) is 4.75. The average Bonchev–Trinajstić information content (AvgIpc) is 2.66. The van der Waals surface area contributed by atoms with Crippen LogP contribution in [0.15, 0.2) is 18.2 Å². The molecule has 3 rings (SSSR count). The largest absolute Gasteiger partial charge is 0.497 e. The van der Waals surface area contributed by atoms with Crippen LogP contribution >= 0.6 is 0 Å². The number of methoxy groups -OCH3 is 1. The Labute approximate surface area is 158 Å². The molecule has 2 aliphatic heterocycles. The monoisotopic (exact) mass is 379 g/mol. The van der Waals surface area contributed by atoms with Crippen LogP contribution in [-0.2, 0) is 16.1 Å². The number of ether oxygens (including phenoxy) is 1. The molecular weight excluding hydrogens is 353 g/mol. The molecule has 0 aliphatic carbocycles. The Kier molecular flexibility index (Phi) is 6.28. The minimum atomic E-state index is -0.625. The van der Waals surface area contributed by atoms with Crippen LogP contribution < -0.4 is 10.1 Å². The maximum Gasteiger partial charge on any atom is 0.237 e. The molecule has 7 nitrogen and oxygen atoms in total. The van der Waals surface area contributed by atoms with Crippen molar-refractivity contribution in [1.82, 2.24) is 15.1 Å². The third-order valence-electron chi connectivity index (χ3n) is 5.26. The lowest BCUT2D eigenvalue weighted by molar-refractivity contribution is -0.140. The second-order valence-corrected chi connectivity index (χ2v) is 7.05. The molecule has 0 aromatic heterocycles. The first-order chi connectivity index (χ1) is 13.0. The lowest BCUT2D eigenvalue weighted by atomic mass is 10.0. The molecule has 1 atom stereocenters. The van der Waals surface area contributed by atoms with Crippen molar-refractivity contribution in [2.45, 2.75) is 38.0 Å². The number of piperazine rings is 1. The van der Waals surface area contributed by atoms with Gasteiger partial charge in [0.05, 0.1) is 25.7 Å². The van der Waals surface area contributed by atoms with Crippen LogP contribution in [0, 0.1) is 5.82 Å². The van der Waals surface area contributed by atoms with Gasteiger partial charge >= 0.3 is 0 Å². The third-order valence-corrected chi connectivity index (χ3v) is 5.26. The minimum Gasteiger partial charge on any atom is -0.497 e. The molecule has 1 unspecified atom stereocenters. The van der Waals surface area contributed by atoms with Crippen molar-refractivity contribution in [2.75, 3.05) is 33.3 Å². The highest BCUT2D eigenvalue weighted by Crippen LogP contribution is 2.21. The van der Waals surface area contributed by atoms with Gasteiger partial charge in [0, 0.05) is 44.4 Å². The summed E-state index contributed by atoms with van der Waals surface area (Å²) in [5.74, 6) is -0.271. The summed E-state index contributed by atoms with van der Waals surface area (Å²) < 4.78 is 19.3. The van der Waals surface area contributed by atoms with Gasteiger partial charge in [-0.3, -0.25) is 14.5 Å². The Morgan fingerprint density at radius 1 is 1.33 bits per heavy atom. The van der Waals surface area contributed by atoms with Gasteiger partial charge in [0.25, 0.3) is 0 Å². The van der Waals surface area contributed by atoms with Crippen LogP contribution in [0.3, 0.4) is 0 Å². The number of nitrogens with zero attached hydrogens (tertiary/aromatic N) is 2. The smallest absolute Gasteiger partial charge is 0.237 e. The molecular formula is C19H26FN3O4. The van der Waals surface area contributed by atoms with Crippen molar-refractivity contribution in [3.8, 4) is 5.75 Å². The van der Waals surface area contributed by atoms with Crippen LogP contribution in [0.25, 0.3) is 0 Å². The van der Waals surface area contributed by atoms with E-state index in [1.165, 1.54) is 13.2 Å². The van der Waals surface area contributed by atoms with E-state index in [1.54, 1.807) is 17.0 Å². The number of hydrogen-bond acceptors (Lipinski definition) is 5. The van der Waals surface area contributed by atoms with Gasteiger partial charge in [-0.25, -0.2) is 4.39 Å². The number of hydrogen-bond donors (Lipinski definition) is 2. The molecule has 148 valence electrons. The molecule has 2 aliphatic rings. The van der Waals surface area contributed by atoms with E-state index < -0.39 is 11.9 Å². The standard InChI is InChI=1S/C19H26FN3O4/c1-27-15-3-2-13(16(20)10-15)12-23-9-6-21-19(26)17(23)11-18(25)22-7-4-14(24)5-8-22/h2-3,10,14,17,24H,4-9,11-12H2,1H3,(H,21,26). The summed E-state index contributed by atoms with van der Waals surface area (Å²) in [6, 6.07) is 4.02. The molecule has 27 heavy (non-hydrogen) atoms. The topological polar surface area (TPSA) is 82.1 Å². The van der Waals surface area contributed by atoms with E-state index >= 15 is 0 Å². The Morgan fingerprint density at radius 2 is 2.07 bits per heavy atom. The zero-order chi connectivity index (χ0) is 19.4. The number of carbonyl (C=O) groups excluding carboxylic acids is 2. The molecule has 0 bridgehead atoms. The summed E-state index contributed by atoms with van der Waals surface area (Å²) in [6.45, 7) is 2.27. The number of halogens is 1. The number of amides is 2. The Bertz CT molecular complexity index is 692. The summed E-state index contributed by atoms with van der Waals surface area (Å²) in [7, 11) is 1.48. The maximum atomic E-state index is 14.3. The molecule has 2 N–H and O–H groups in total. The fourth-order valence-electron chi connectivity index (χ4n) is 3.59. The van der Waals surface area contributed by atoms with E-state index in [2.05, 4.69) is 5.32 Å². The van der Waals surface area contributed by atoms with Crippen LogP contribution in [0.1, 0.15) is 24.8 Å². The van der Waals surface area contributed by atoms with Crippen molar-refractivity contribution < 1.29 is 23.8 Å². The second-order valence-electron chi connectivity index (χ2n) is 7.05. The molecule has 0 saturated carbocycles. The predicted octanol–water partition coefficient (Wildman–Crippen LogP) is 0.508. The van der Waals surface area contributed by atoms with Gasteiger partial charge in [0.15, 0.2) is 0 Å². The van der Waals surface area contributed by atoms with Crippen LogP contribution in [0.5, 0.6) is 5.75 Å². The van der Waals surface area contributed by atoms with Gasteiger partial charge in [-0.1, -0.05) is 6.07 Å². The number of aliphatic hydroxyl groups excluding tert-OH is 1. The van der Waals surface area contributed by atoms with Crippen molar-refractivity contribution in [2.24, 2.45) is 0 Å². The number of likely N-dealkylation sites (tertiary alicyclic amines) is 1. The molecule has 1 aromatic carbocycles. The number of aliphatic hydroxyl groups is 1. The highest BCUT2D eigenvalue weighted by Gasteiger charge is 2.34. The Hall–Kier alpha value is -2.19. The number of nitrogens with one attached hydrogen (secondary N) is 1. The van der Waals surface area contributed by atoms with Gasteiger partial charge in [-0.05, 0) is 18.9 Å². The fraction of sp³-hybridized carbons (Fsp3) is 0.579. The number of benzene rings is 1. The molecule has 8 heteroatoms. The summed E-state index contributed by atoms with van der Waals surface area (Å²) in [5.41, 5.74) is 0.462. The minimum absolute atomic E-state index is 0.0553. The van der Waals surface area contributed by atoms with Gasteiger partial charge in [-0.15, -0.1) is 0 Å². The first kappa shape index (κ1) is 19.6. The Morgan fingerprint density at radius 3 is 2.74 bits per heavy atom. The summed E-state index contributed by atoms with van der Waals surface area (Å²) in [6.07, 6.45) is 0.813. The van der Waals surface area contributed by atoms with Crippen molar-refractivity contribution in [1.29, 1.82) is 0 Å². The van der Waals surface area contributed by atoms with Gasteiger partial charge in [-0.2, -0.15) is 0 Å². The van der Waals surface area contributed by atoms with Crippen LogP contribution in [0.4, 0.5) is 4.39 Å². The SMILES string of the molecule is COc1ccc(CN2CCNC(=O)C2CC(=O)N2CCC(O)CC2)c(F)c1. The van der Waals surface area contributed by atoms with E-state index in [4.69, 9.17) is 4.74 Å². The summed E-state index contributed by atoms with van der Waals surface area (Å²) >= 11 is 0. The molecule has 1 aromatic rings. The van der Waals surface area contributed by atoms with E-state index in [1.807, 2.05) is 4.90 Å². The van der Waals surface area contributed by atoms with E-state index in [-0.39, 0.29) is 30.9 Å². The second kappa shape index (κ2) is 8.67. The lowest BCUT2D eigenvalue weighted by Crippen LogP contribution is -2.56. The number of piperidine rings is 1. The maximum absolute atomic E-state index is 14.3. The summed E-state index contributed by atoms with van der Waals surface area (Å²) in [4.78, 5) is 28.5. The molecule has 2 amide bonds. The average molecular weight is 379 g/mol. The quantitative estimate of drug-likeness (QED) is 0.779. The molecule has 0 radical (unpaired) electrons. The molecule has 0 spiro atoms. The highest BCUT2D eigenvalue weighted by atomic mass is 19.1. The predicted molar refractivity (Wildman–Crippen MR) is 96.6 cm³/mol. The van der Waals surface area contributed by atoms with E-state index in [9.17, 15) is 19.1 Å². The van der Waals surface area contributed by atoms with Crippen LogP contribution in [-0.4, -0.2) is 72.2 Å². The van der Waals surface area contributed by atoms with Gasteiger partial charge < -0.3 is 20.1 Å². The van der Waals surface area contributed by atoms with Crippen LogP contribution in [0.2, 0.25) is 0 Å². The molecule has 2 fully saturated rings. The van der Waals surface area contributed by atoms with Crippen molar-refractivity contribution >= 4 is 11.8 Å². The zero-order valence-corrected chi connectivity index (χ0v) is 15.5. The molecule has 2 saturated heterocycles. The van der Waals surface area contributed by atoms with E-state index in [0.29, 0.717) is 50.3 Å². The first-order valence-electron chi connectivity index (χ1n) is 9.28. The normalized spacial score (nSPS) is 21.8. The fourth-order valence-corrected chi connectivity index (χ4v) is 3.59. The number of carbonyl (C=O) groups is 2. The van der Waals surface area contributed by atoms with Crippen molar-refractivity contribution in [3.05, 3.63) is 29.6 Å². The molecule has 2 heterocycles. The Balaban J connectivity index is 1.68. The summed E-state index contributed by atoms with van der Waals surface area (Å²) in [5, 5.41) is 12.4. The zero-order valence-electron chi connectivity index (χ0n) is 15.5. The van der Waals surface area contributed by atoms with Gasteiger partial charge in [0.2, 0.25) is 11.8 Å². The number of rotatable bonds is 5. The first-order valence-corrected chi connectivity index (χ1v) is 9.28. The van der Waals surface area contributed by atoms with Crippen molar-refractivity contribution in [3.63, 3.8) is 0 Å². The van der Waals surface area contributed by atoms with Gasteiger partial charge in [0.1, 0.15) is 11.6 Å². The lowest BCUT2D eigenvalue weighted by Gasteiger charge is -2.37. The highest BCUT2D eigenvalue weighted by molar-refractivity contribution is 5.88. The van der Waals surface area contributed by atoms with E-state index in [0.717, 1.165) is 0 Å².